The number of carbonyl (C=O) groups is 1. The molecular formula is C19H19Cl2NO2S. The molecule has 0 saturated heterocycles. The van der Waals surface area contributed by atoms with Crippen molar-refractivity contribution in [1.82, 2.24) is 0 Å². The third-order valence-corrected chi connectivity index (χ3v) is 5.75. The van der Waals surface area contributed by atoms with Crippen molar-refractivity contribution in [3.63, 3.8) is 0 Å². The third kappa shape index (κ3) is 5.30. The Morgan fingerprint density at radius 1 is 1.08 bits per heavy atom. The predicted octanol–water partition coefficient (Wildman–Crippen LogP) is 5.83. The number of thioether (sulfide) groups is 1. The topological polar surface area (TPSA) is 38.3 Å². The van der Waals surface area contributed by atoms with E-state index in [1.165, 1.54) is 0 Å². The lowest BCUT2D eigenvalue weighted by Crippen LogP contribution is -2.18. The van der Waals surface area contributed by atoms with E-state index in [2.05, 4.69) is 5.32 Å². The van der Waals surface area contributed by atoms with Crippen molar-refractivity contribution >= 4 is 46.6 Å². The first kappa shape index (κ1) is 18.4. The summed E-state index contributed by atoms with van der Waals surface area (Å²) in [6, 6.07) is 11.4. The van der Waals surface area contributed by atoms with Gasteiger partial charge in [0.1, 0.15) is 5.75 Å². The molecule has 1 aliphatic rings. The van der Waals surface area contributed by atoms with E-state index in [4.69, 9.17) is 27.9 Å². The summed E-state index contributed by atoms with van der Waals surface area (Å²) in [5.41, 5.74) is 2.04. The van der Waals surface area contributed by atoms with E-state index in [1.807, 2.05) is 30.3 Å². The van der Waals surface area contributed by atoms with E-state index in [-0.39, 0.29) is 5.91 Å². The Hall–Kier alpha value is -1.36. The van der Waals surface area contributed by atoms with Crippen LogP contribution in [-0.2, 0) is 11.2 Å². The molecule has 0 aromatic heterocycles. The van der Waals surface area contributed by atoms with Crippen LogP contribution in [0, 0.1) is 0 Å². The predicted molar refractivity (Wildman–Crippen MR) is 105 cm³/mol. The van der Waals surface area contributed by atoms with Crippen LogP contribution in [0.4, 0.5) is 5.69 Å². The van der Waals surface area contributed by atoms with Gasteiger partial charge in [-0.2, -0.15) is 0 Å². The van der Waals surface area contributed by atoms with Crippen molar-refractivity contribution in [2.24, 2.45) is 0 Å². The molecule has 2 aromatic carbocycles. The molecule has 1 N–H and O–H groups in total. The number of hydrogen-bond donors (Lipinski definition) is 1. The molecule has 0 aliphatic carbocycles. The number of aryl methyl sites for hydroxylation is 1. The minimum absolute atomic E-state index is 0.0819. The fourth-order valence-electron chi connectivity index (χ4n) is 2.61. The first-order valence-electron chi connectivity index (χ1n) is 8.25. The highest BCUT2D eigenvalue weighted by atomic mass is 35.5. The number of amides is 1. The summed E-state index contributed by atoms with van der Waals surface area (Å²) in [5.74, 6) is 1.92. The molecule has 0 unspecified atom stereocenters. The monoisotopic (exact) mass is 395 g/mol. The average molecular weight is 396 g/mol. The van der Waals surface area contributed by atoms with Crippen LogP contribution in [0.2, 0.25) is 10.0 Å². The van der Waals surface area contributed by atoms with Gasteiger partial charge < -0.3 is 10.1 Å². The molecule has 2 aromatic rings. The van der Waals surface area contributed by atoms with Gasteiger partial charge in [-0.25, -0.2) is 0 Å². The molecule has 3 rings (SSSR count). The second-order valence-electron chi connectivity index (χ2n) is 5.85. The van der Waals surface area contributed by atoms with Gasteiger partial charge in [0.15, 0.2) is 0 Å². The number of ether oxygens (including phenoxy) is 1. The quantitative estimate of drug-likeness (QED) is 0.473. The molecule has 132 valence electrons. The van der Waals surface area contributed by atoms with E-state index in [0.717, 1.165) is 51.9 Å². The molecule has 1 amide bonds. The molecule has 0 bridgehead atoms. The van der Waals surface area contributed by atoms with Crippen molar-refractivity contribution in [2.75, 3.05) is 17.7 Å². The van der Waals surface area contributed by atoms with E-state index in [1.54, 1.807) is 17.8 Å². The largest absolute Gasteiger partial charge is 0.494 e. The van der Waals surface area contributed by atoms with Crippen molar-refractivity contribution in [3.05, 3.63) is 52.0 Å². The summed E-state index contributed by atoms with van der Waals surface area (Å²) < 4.78 is 5.82. The lowest BCUT2D eigenvalue weighted by atomic mass is 10.0. The molecule has 3 nitrogen and oxygen atoms in total. The van der Waals surface area contributed by atoms with Crippen molar-refractivity contribution in [3.8, 4) is 5.75 Å². The van der Waals surface area contributed by atoms with Gasteiger partial charge in [0, 0.05) is 22.0 Å². The van der Waals surface area contributed by atoms with Gasteiger partial charge in [0.25, 0.3) is 0 Å². The van der Waals surface area contributed by atoms with E-state index < -0.39 is 0 Å². The van der Waals surface area contributed by atoms with Crippen LogP contribution >= 0.6 is 35.0 Å². The van der Waals surface area contributed by atoms with Crippen LogP contribution in [0.1, 0.15) is 24.8 Å². The Morgan fingerprint density at radius 2 is 1.96 bits per heavy atom. The van der Waals surface area contributed by atoms with E-state index in [0.29, 0.717) is 18.1 Å². The minimum atomic E-state index is 0.0819. The maximum Gasteiger partial charge on any atom is 0.224 e. The highest BCUT2D eigenvalue weighted by molar-refractivity contribution is 7.99. The standard InChI is InChI=1S/C19H19Cl2NO2S/c20-14-4-6-16(21)18(12-14)25-10-2-1-9-24-15-5-7-17-13(11-15)3-8-19(23)22-17/h4-7,11-12H,1-3,8-10H2,(H,22,23). The zero-order valence-corrected chi connectivity index (χ0v) is 16.0. The van der Waals surface area contributed by atoms with Crippen LogP contribution < -0.4 is 10.1 Å². The zero-order chi connectivity index (χ0) is 17.6. The highest BCUT2D eigenvalue weighted by Crippen LogP contribution is 2.30. The molecule has 0 spiro atoms. The lowest BCUT2D eigenvalue weighted by Gasteiger charge is -2.17. The summed E-state index contributed by atoms with van der Waals surface area (Å²) in [6.07, 6.45) is 3.32. The Labute approximate surface area is 162 Å². The maximum absolute atomic E-state index is 11.4. The van der Waals surface area contributed by atoms with Crippen molar-refractivity contribution < 1.29 is 9.53 Å². The highest BCUT2D eigenvalue weighted by Gasteiger charge is 2.14. The number of halogens is 2. The Balaban J connectivity index is 1.39. The lowest BCUT2D eigenvalue weighted by molar-refractivity contribution is -0.116. The van der Waals surface area contributed by atoms with E-state index in [9.17, 15) is 4.79 Å². The first-order chi connectivity index (χ1) is 12.1. The molecule has 0 radical (unpaired) electrons. The number of nitrogens with one attached hydrogen (secondary N) is 1. The summed E-state index contributed by atoms with van der Waals surface area (Å²) in [4.78, 5) is 12.4. The molecule has 0 fully saturated rings. The SMILES string of the molecule is O=C1CCc2cc(OCCCCSc3cc(Cl)ccc3Cl)ccc2N1. The van der Waals surface area contributed by atoms with Gasteiger partial charge in [0.2, 0.25) is 5.91 Å². The Kier molecular flexibility index (Phi) is 6.51. The summed E-state index contributed by atoms with van der Waals surface area (Å²) in [7, 11) is 0. The molecule has 1 heterocycles. The van der Waals surface area contributed by atoms with Gasteiger partial charge >= 0.3 is 0 Å². The Bertz CT molecular complexity index is 767. The van der Waals surface area contributed by atoms with Crippen LogP contribution in [0.15, 0.2) is 41.3 Å². The van der Waals surface area contributed by atoms with Gasteiger partial charge in [-0.3, -0.25) is 4.79 Å². The van der Waals surface area contributed by atoms with Crippen molar-refractivity contribution in [1.29, 1.82) is 0 Å². The molecular weight excluding hydrogens is 377 g/mol. The molecule has 0 saturated carbocycles. The fraction of sp³-hybridized carbons (Fsp3) is 0.316. The second kappa shape index (κ2) is 8.84. The van der Waals surface area contributed by atoms with Gasteiger partial charge in [-0.1, -0.05) is 23.2 Å². The van der Waals surface area contributed by atoms with Crippen molar-refractivity contribution in [2.45, 2.75) is 30.6 Å². The molecule has 0 atom stereocenters. The summed E-state index contributed by atoms with van der Waals surface area (Å²) in [5, 5.41) is 4.33. The molecule has 6 heteroatoms. The summed E-state index contributed by atoms with van der Waals surface area (Å²) >= 11 is 13.9. The van der Waals surface area contributed by atoms with Gasteiger partial charge in [0.05, 0.1) is 11.6 Å². The van der Waals surface area contributed by atoms with Crippen LogP contribution in [0.25, 0.3) is 0 Å². The second-order valence-corrected chi connectivity index (χ2v) is 7.83. The fourth-order valence-corrected chi connectivity index (χ4v) is 4.12. The third-order valence-electron chi connectivity index (χ3n) is 3.93. The maximum atomic E-state index is 11.4. The van der Waals surface area contributed by atoms with Crippen LogP contribution in [-0.4, -0.2) is 18.3 Å². The number of fused-ring (bicyclic) bond motifs is 1. The minimum Gasteiger partial charge on any atom is -0.494 e. The number of anilines is 1. The number of benzene rings is 2. The molecule has 1 aliphatic heterocycles. The number of carbonyl (C=O) groups excluding carboxylic acids is 1. The average Bonchev–Trinajstić information content (AvgIpc) is 2.60. The Morgan fingerprint density at radius 3 is 2.84 bits per heavy atom. The molecule has 25 heavy (non-hydrogen) atoms. The van der Waals surface area contributed by atoms with E-state index >= 15 is 0 Å². The van der Waals surface area contributed by atoms with Crippen LogP contribution in [0.5, 0.6) is 5.75 Å². The number of hydrogen-bond acceptors (Lipinski definition) is 3. The number of unbranched alkanes of at least 4 members (excludes halogenated alkanes) is 1. The van der Waals surface area contributed by atoms with Gasteiger partial charge in [-0.15, -0.1) is 11.8 Å². The smallest absolute Gasteiger partial charge is 0.224 e. The van der Waals surface area contributed by atoms with Gasteiger partial charge in [-0.05, 0) is 67.0 Å². The zero-order valence-electron chi connectivity index (χ0n) is 13.7. The normalized spacial score (nSPS) is 13.3. The van der Waals surface area contributed by atoms with Crippen LogP contribution in [0.3, 0.4) is 0 Å². The number of rotatable bonds is 7. The summed E-state index contributed by atoms with van der Waals surface area (Å²) in [6.45, 7) is 0.676. The first-order valence-corrected chi connectivity index (χ1v) is 9.99.